The SMILES string of the molecule is CCn1c(=O)c2[nH]c(/C=C/c3ccc(OC)c(F)c3)nc2n(CC)c1=O. The number of benzene rings is 1. The summed E-state index contributed by atoms with van der Waals surface area (Å²) in [5.41, 5.74) is 0.413. The number of ether oxygens (including phenoxy) is 1. The molecule has 0 atom stereocenters. The number of aryl methyl sites for hydroxylation is 1. The van der Waals surface area contributed by atoms with Crippen LogP contribution in [0.25, 0.3) is 23.3 Å². The van der Waals surface area contributed by atoms with Gasteiger partial charge in [0.1, 0.15) is 11.3 Å². The third-order valence-corrected chi connectivity index (χ3v) is 4.12. The lowest BCUT2D eigenvalue weighted by Gasteiger charge is -2.06. The molecule has 0 fully saturated rings. The number of aromatic nitrogens is 4. The fourth-order valence-corrected chi connectivity index (χ4v) is 2.79. The minimum atomic E-state index is -0.468. The van der Waals surface area contributed by atoms with Crippen LogP contribution in [0.5, 0.6) is 5.75 Å². The van der Waals surface area contributed by atoms with E-state index >= 15 is 0 Å². The van der Waals surface area contributed by atoms with Gasteiger partial charge in [-0.1, -0.05) is 12.1 Å². The molecule has 0 aliphatic carbocycles. The molecule has 2 aromatic heterocycles. The maximum atomic E-state index is 13.8. The number of nitrogens with one attached hydrogen (secondary N) is 1. The highest BCUT2D eigenvalue weighted by atomic mass is 19.1. The number of rotatable bonds is 5. The molecule has 1 N–H and O–H groups in total. The minimum Gasteiger partial charge on any atom is -0.494 e. The van der Waals surface area contributed by atoms with E-state index in [1.54, 1.807) is 25.1 Å². The monoisotopic (exact) mass is 358 g/mol. The van der Waals surface area contributed by atoms with Crippen molar-refractivity contribution in [1.82, 2.24) is 19.1 Å². The zero-order valence-corrected chi connectivity index (χ0v) is 14.7. The van der Waals surface area contributed by atoms with E-state index in [4.69, 9.17) is 4.74 Å². The summed E-state index contributed by atoms with van der Waals surface area (Å²) in [5.74, 6) is 0.103. The molecule has 136 valence electrons. The van der Waals surface area contributed by atoms with Gasteiger partial charge in [-0.25, -0.2) is 14.2 Å². The van der Waals surface area contributed by atoms with E-state index in [0.717, 1.165) is 4.57 Å². The first kappa shape index (κ1) is 17.7. The fraction of sp³-hybridized carbons (Fsp3) is 0.278. The van der Waals surface area contributed by atoms with E-state index < -0.39 is 11.4 Å². The Bertz CT molecular complexity index is 1110. The molecule has 0 amide bonds. The molecule has 2 heterocycles. The van der Waals surface area contributed by atoms with Crippen LogP contribution in [0.2, 0.25) is 0 Å². The first-order valence-corrected chi connectivity index (χ1v) is 8.25. The number of aromatic amines is 1. The first-order valence-electron chi connectivity index (χ1n) is 8.25. The van der Waals surface area contributed by atoms with Gasteiger partial charge in [-0.15, -0.1) is 0 Å². The summed E-state index contributed by atoms with van der Waals surface area (Å²) in [6.45, 7) is 4.23. The van der Waals surface area contributed by atoms with Crippen molar-refractivity contribution in [3.05, 3.63) is 56.2 Å². The minimum absolute atomic E-state index is 0.165. The highest BCUT2D eigenvalue weighted by Crippen LogP contribution is 2.19. The van der Waals surface area contributed by atoms with Crippen molar-refractivity contribution in [2.75, 3.05) is 7.11 Å². The average Bonchev–Trinajstić information content (AvgIpc) is 3.05. The second kappa shape index (κ2) is 6.99. The number of fused-ring (bicyclic) bond motifs is 1. The molecule has 3 rings (SSSR count). The van der Waals surface area contributed by atoms with Crippen molar-refractivity contribution < 1.29 is 9.13 Å². The fourth-order valence-electron chi connectivity index (χ4n) is 2.79. The number of hydrogen-bond acceptors (Lipinski definition) is 4. The van der Waals surface area contributed by atoms with Gasteiger partial charge in [0.2, 0.25) is 0 Å². The summed E-state index contributed by atoms with van der Waals surface area (Å²) in [6, 6.07) is 4.57. The summed E-state index contributed by atoms with van der Waals surface area (Å²) in [6.07, 6.45) is 3.29. The van der Waals surface area contributed by atoms with E-state index in [2.05, 4.69) is 9.97 Å². The van der Waals surface area contributed by atoms with Gasteiger partial charge in [-0.05, 0) is 37.6 Å². The lowest BCUT2D eigenvalue weighted by Crippen LogP contribution is -2.39. The Morgan fingerprint density at radius 2 is 1.92 bits per heavy atom. The predicted molar refractivity (Wildman–Crippen MR) is 97.8 cm³/mol. The van der Waals surface area contributed by atoms with Gasteiger partial charge in [0.05, 0.1) is 7.11 Å². The van der Waals surface area contributed by atoms with Crippen molar-refractivity contribution in [2.24, 2.45) is 0 Å². The Balaban J connectivity index is 2.07. The highest BCUT2D eigenvalue weighted by molar-refractivity contribution is 5.75. The van der Waals surface area contributed by atoms with Crippen LogP contribution >= 0.6 is 0 Å². The van der Waals surface area contributed by atoms with Crippen LogP contribution in [0, 0.1) is 5.82 Å². The predicted octanol–water partition coefficient (Wildman–Crippen LogP) is 2.24. The largest absolute Gasteiger partial charge is 0.494 e. The van der Waals surface area contributed by atoms with Gasteiger partial charge in [-0.3, -0.25) is 13.9 Å². The molecule has 0 aliphatic rings. The lowest BCUT2D eigenvalue weighted by molar-refractivity contribution is 0.386. The van der Waals surface area contributed by atoms with Crippen LogP contribution in [0.1, 0.15) is 25.2 Å². The smallest absolute Gasteiger partial charge is 0.332 e. The molecule has 0 saturated heterocycles. The van der Waals surface area contributed by atoms with E-state index in [1.165, 1.54) is 23.8 Å². The van der Waals surface area contributed by atoms with Crippen molar-refractivity contribution in [1.29, 1.82) is 0 Å². The van der Waals surface area contributed by atoms with E-state index in [1.807, 2.05) is 6.92 Å². The molecule has 1 aromatic carbocycles. The molecule has 0 aliphatic heterocycles. The van der Waals surface area contributed by atoms with Crippen molar-refractivity contribution >= 4 is 23.3 Å². The molecule has 26 heavy (non-hydrogen) atoms. The second-order valence-corrected chi connectivity index (χ2v) is 5.62. The third kappa shape index (κ3) is 2.94. The van der Waals surface area contributed by atoms with E-state index in [9.17, 15) is 14.0 Å². The topological polar surface area (TPSA) is 81.9 Å². The molecule has 0 bridgehead atoms. The van der Waals surface area contributed by atoms with E-state index in [0.29, 0.717) is 23.6 Å². The van der Waals surface area contributed by atoms with Crippen LogP contribution in [-0.2, 0) is 13.1 Å². The number of methoxy groups -OCH3 is 1. The van der Waals surface area contributed by atoms with Crippen LogP contribution in [0.15, 0.2) is 27.8 Å². The Morgan fingerprint density at radius 1 is 1.19 bits per heavy atom. The highest BCUT2D eigenvalue weighted by Gasteiger charge is 2.14. The number of hydrogen-bond donors (Lipinski definition) is 1. The lowest BCUT2D eigenvalue weighted by atomic mass is 10.2. The van der Waals surface area contributed by atoms with Gasteiger partial charge in [-0.2, -0.15) is 0 Å². The quantitative estimate of drug-likeness (QED) is 0.758. The summed E-state index contributed by atoms with van der Waals surface area (Å²) < 4.78 is 21.3. The number of H-pyrrole nitrogens is 1. The van der Waals surface area contributed by atoms with Gasteiger partial charge in [0.15, 0.2) is 17.2 Å². The van der Waals surface area contributed by atoms with Crippen LogP contribution in [0.4, 0.5) is 4.39 Å². The standard InChI is InChI=1S/C18H19FN4O3/c1-4-22-16-15(17(24)23(5-2)18(22)25)20-14(21-16)9-7-11-6-8-13(26-3)12(19)10-11/h6-10H,4-5H2,1-3H3,(H,20,21)/b9-7+. The van der Waals surface area contributed by atoms with Gasteiger partial charge in [0, 0.05) is 13.1 Å². The average molecular weight is 358 g/mol. The first-order chi connectivity index (χ1) is 12.5. The molecule has 3 aromatic rings. The maximum Gasteiger partial charge on any atom is 0.332 e. The van der Waals surface area contributed by atoms with Crippen molar-refractivity contribution in [2.45, 2.75) is 26.9 Å². The zero-order valence-electron chi connectivity index (χ0n) is 14.7. The Hall–Kier alpha value is -3.16. The van der Waals surface area contributed by atoms with E-state index in [-0.39, 0.29) is 23.5 Å². The van der Waals surface area contributed by atoms with Gasteiger partial charge >= 0.3 is 5.69 Å². The Labute approximate surface area is 148 Å². The number of nitrogens with zero attached hydrogens (tertiary/aromatic N) is 3. The maximum absolute atomic E-state index is 13.8. The third-order valence-electron chi connectivity index (χ3n) is 4.12. The Morgan fingerprint density at radius 3 is 2.54 bits per heavy atom. The summed E-state index contributed by atoms with van der Waals surface area (Å²) >= 11 is 0. The molecule has 0 saturated carbocycles. The molecule has 0 unspecified atom stereocenters. The number of imidazole rings is 1. The molecular weight excluding hydrogens is 339 g/mol. The molecule has 8 heteroatoms. The van der Waals surface area contributed by atoms with Gasteiger partial charge < -0.3 is 9.72 Å². The Kier molecular flexibility index (Phi) is 4.75. The van der Waals surface area contributed by atoms with Crippen LogP contribution in [0.3, 0.4) is 0 Å². The molecular formula is C18H19FN4O3. The van der Waals surface area contributed by atoms with Crippen molar-refractivity contribution in [3.8, 4) is 5.75 Å². The summed E-state index contributed by atoms with van der Waals surface area (Å²) in [5, 5.41) is 0. The number of halogens is 1. The molecule has 0 spiro atoms. The zero-order chi connectivity index (χ0) is 18.8. The summed E-state index contributed by atoms with van der Waals surface area (Å²) in [4.78, 5) is 32.1. The second-order valence-electron chi connectivity index (χ2n) is 5.62. The van der Waals surface area contributed by atoms with Crippen LogP contribution < -0.4 is 16.0 Å². The molecule has 0 radical (unpaired) electrons. The van der Waals surface area contributed by atoms with Crippen LogP contribution in [-0.4, -0.2) is 26.2 Å². The molecule has 7 nitrogen and oxygen atoms in total. The summed E-state index contributed by atoms with van der Waals surface area (Å²) in [7, 11) is 1.40. The van der Waals surface area contributed by atoms with Crippen molar-refractivity contribution in [3.63, 3.8) is 0 Å². The van der Waals surface area contributed by atoms with Gasteiger partial charge in [0.25, 0.3) is 5.56 Å². The normalized spacial score (nSPS) is 11.5.